The highest BCUT2D eigenvalue weighted by molar-refractivity contribution is 7.15. The highest BCUT2D eigenvalue weighted by Crippen LogP contribution is 2.44. The summed E-state index contributed by atoms with van der Waals surface area (Å²) in [5, 5.41) is 0.691. The number of carbonyl (C=O) groups excluding carboxylic acids is 2. The predicted molar refractivity (Wildman–Crippen MR) is 104 cm³/mol. The summed E-state index contributed by atoms with van der Waals surface area (Å²) in [6.07, 6.45) is 1.75. The quantitative estimate of drug-likeness (QED) is 0.691. The van der Waals surface area contributed by atoms with E-state index < -0.39 is 5.92 Å². The molecule has 5 heteroatoms. The molecule has 1 aromatic heterocycles. The van der Waals surface area contributed by atoms with E-state index in [1.807, 2.05) is 44.2 Å². The molecule has 136 valence electrons. The lowest BCUT2D eigenvalue weighted by molar-refractivity contribution is -0.126. The second-order valence-corrected chi connectivity index (χ2v) is 8.93. The molecular weight excluding hydrogens is 368 g/mol. The van der Waals surface area contributed by atoms with Crippen molar-refractivity contribution in [3.63, 3.8) is 0 Å². The minimum absolute atomic E-state index is 0.0398. The van der Waals surface area contributed by atoms with E-state index in [0.717, 1.165) is 33.7 Å². The lowest BCUT2D eigenvalue weighted by atomic mass is 9.89. The fraction of sp³-hybridized carbons (Fsp3) is 0.429. The predicted octanol–water partition coefficient (Wildman–Crippen LogP) is 5.04. The van der Waals surface area contributed by atoms with E-state index in [9.17, 15) is 9.59 Å². The number of ether oxygens (including phenoxy) is 1. The molecule has 1 saturated heterocycles. The van der Waals surface area contributed by atoms with Crippen LogP contribution in [0.3, 0.4) is 0 Å². The van der Waals surface area contributed by atoms with Crippen LogP contribution in [-0.2, 0) is 14.3 Å². The van der Waals surface area contributed by atoms with E-state index in [1.165, 1.54) is 0 Å². The topological polar surface area (TPSA) is 43.4 Å². The van der Waals surface area contributed by atoms with Gasteiger partial charge in [0.1, 0.15) is 5.92 Å². The summed E-state index contributed by atoms with van der Waals surface area (Å²) >= 11 is 7.59. The van der Waals surface area contributed by atoms with Crippen molar-refractivity contribution in [3.8, 4) is 10.4 Å². The molecule has 1 unspecified atom stereocenters. The molecule has 3 nitrogen and oxygen atoms in total. The number of halogens is 1. The molecule has 1 aliphatic heterocycles. The van der Waals surface area contributed by atoms with Crippen molar-refractivity contribution in [2.75, 3.05) is 6.61 Å². The highest BCUT2D eigenvalue weighted by Gasteiger charge is 2.52. The van der Waals surface area contributed by atoms with E-state index in [4.69, 9.17) is 16.3 Å². The molecule has 2 aromatic rings. The van der Waals surface area contributed by atoms with Gasteiger partial charge in [-0.2, -0.15) is 0 Å². The van der Waals surface area contributed by atoms with E-state index in [2.05, 4.69) is 0 Å². The number of ketones is 2. The largest absolute Gasteiger partial charge is 0.377 e. The fourth-order valence-electron chi connectivity index (χ4n) is 4.26. The van der Waals surface area contributed by atoms with Gasteiger partial charge >= 0.3 is 0 Å². The molecule has 0 radical (unpaired) electrons. The van der Waals surface area contributed by atoms with Gasteiger partial charge in [-0.25, -0.2) is 0 Å². The summed E-state index contributed by atoms with van der Waals surface area (Å²) in [6.45, 7) is 4.57. The number of Topliss-reactive ketones (excluding diaryl/α,β-unsaturated/α-hetero) is 2. The van der Waals surface area contributed by atoms with E-state index in [0.29, 0.717) is 11.6 Å². The van der Waals surface area contributed by atoms with Gasteiger partial charge < -0.3 is 4.74 Å². The average Bonchev–Trinajstić information content (AvgIpc) is 3.30. The summed E-state index contributed by atoms with van der Waals surface area (Å²) in [5.41, 5.74) is 1.91. The van der Waals surface area contributed by atoms with Gasteiger partial charge in [-0.3, -0.25) is 9.59 Å². The maximum Gasteiger partial charge on any atom is 0.154 e. The maximum absolute atomic E-state index is 13.1. The first kappa shape index (κ1) is 17.9. The zero-order chi connectivity index (χ0) is 18.4. The molecule has 2 heterocycles. The number of hydrogen-bond donors (Lipinski definition) is 0. The third-order valence-corrected chi connectivity index (χ3v) is 7.01. The molecule has 1 aliphatic carbocycles. The SMILES string of the molecule is Cc1sc(-c2ccc(Cl)cc2)cc1C1C(=O)[C@H]([C@H]2CCCO2)[C@H](C)C1=O. The molecule has 4 rings (SSSR count). The van der Waals surface area contributed by atoms with Crippen LogP contribution >= 0.6 is 22.9 Å². The normalized spacial score (nSPS) is 28.9. The summed E-state index contributed by atoms with van der Waals surface area (Å²) in [5.74, 6) is -1.13. The first-order chi connectivity index (χ1) is 12.5. The van der Waals surface area contributed by atoms with Gasteiger partial charge in [-0.1, -0.05) is 30.7 Å². The van der Waals surface area contributed by atoms with E-state index in [1.54, 1.807) is 11.3 Å². The lowest BCUT2D eigenvalue weighted by Gasteiger charge is -2.19. The summed E-state index contributed by atoms with van der Waals surface area (Å²) in [7, 11) is 0. The second kappa shape index (κ2) is 6.91. The molecule has 0 bridgehead atoms. The molecule has 1 aromatic carbocycles. The van der Waals surface area contributed by atoms with Gasteiger partial charge in [0, 0.05) is 27.3 Å². The van der Waals surface area contributed by atoms with Crippen LogP contribution in [0, 0.1) is 18.8 Å². The summed E-state index contributed by atoms with van der Waals surface area (Å²) in [6, 6.07) is 9.65. The Kier molecular flexibility index (Phi) is 4.76. The monoisotopic (exact) mass is 388 g/mol. The molecular formula is C21H21ClO3S. The molecule has 2 aliphatic rings. The molecule has 0 N–H and O–H groups in total. The van der Waals surface area contributed by atoms with Crippen LogP contribution in [-0.4, -0.2) is 24.3 Å². The highest BCUT2D eigenvalue weighted by atomic mass is 35.5. The number of rotatable bonds is 3. The van der Waals surface area contributed by atoms with Crippen LogP contribution in [0.2, 0.25) is 5.02 Å². The zero-order valence-corrected chi connectivity index (χ0v) is 16.4. The first-order valence-electron chi connectivity index (χ1n) is 9.02. The van der Waals surface area contributed by atoms with Crippen LogP contribution in [0.5, 0.6) is 0 Å². The van der Waals surface area contributed by atoms with Gasteiger partial charge in [-0.15, -0.1) is 11.3 Å². The standard InChI is InChI=1S/C21H21ClO3S/c1-11-18(16-4-3-9-25-16)21(24)19(20(11)23)15-10-17(26-12(15)2)13-5-7-14(22)8-6-13/h5-8,10-11,16,18-19H,3-4,9H2,1-2H3/t11-,16+,18-,19?/m0/s1. The number of thiophene rings is 1. The smallest absolute Gasteiger partial charge is 0.154 e. The minimum atomic E-state index is -0.642. The van der Waals surface area contributed by atoms with Crippen molar-refractivity contribution in [2.45, 2.75) is 38.7 Å². The Morgan fingerprint density at radius 1 is 1.15 bits per heavy atom. The molecule has 1 saturated carbocycles. The maximum atomic E-state index is 13.1. The Balaban J connectivity index is 1.67. The van der Waals surface area contributed by atoms with Crippen LogP contribution in [0.1, 0.15) is 36.1 Å². The van der Waals surface area contributed by atoms with Crippen molar-refractivity contribution in [1.82, 2.24) is 0 Å². The van der Waals surface area contributed by atoms with Gasteiger partial charge in [-0.05, 0) is 49.1 Å². The summed E-state index contributed by atoms with van der Waals surface area (Å²) < 4.78 is 5.74. The first-order valence-corrected chi connectivity index (χ1v) is 10.2. The van der Waals surface area contributed by atoms with Crippen molar-refractivity contribution in [1.29, 1.82) is 0 Å². The third kappa shape index (κ3) is 2.94. The van der Waals surface area contributed by atoms with Crippen molar-refractivity contribution >= 4 is 34.5 Å². The number of hydrogen-bond acceptors (Lipinski definition) is 4. The van der Waals surface area contributed by atoms with Gasteiger partial charge in [0.2, 0.25) is 0 Å². The molecule has 0 amide bonds. The fourth-order valence-corrected chi connectivity index (χ4v) is 5.45. The number of benzene rings is 1. The Morgan fingerprint density at radius 3 is 2.54 bits per heavy atom. The zero-order valence-electron chi connectivity index (χ0n) is 14.8. The average molecular weight is 389 g/mol. The van der Waals surface area contributed by atoms with E-state index >= 15 is 0 Å². The molecule has 0 spiro atoms. The van der Waals surface area contributed by atoms with Gasteiger partial charge in [0.05, 0.1) is 12.0 Å². The Bertz CT molecular complexity index is 849. The van der Waals surface area contributed by atoms with Gasteiger partial charge in [0.25, 0.3) is 0 Å². The number of aryl methyl sites for hydroxylation is 1. The molecule has 4 atom stereocenters. The Labute approximate surface area is 162 Å². The lowest BCUT2D eigenvalue weighted by Crippen LogP contribution is -2.29. The number of carbonyl (C=O) groups is 2. The van der Waals surface area contributed by atoms with Crippen LogP contribution in [0.15, 0.2) is 30.3 Å². The van der Waals surface area contributed by atoms with E-state index in [-0.39, 0.29) is 29.5 Å². The van der Waals surface area contributed by atoms with Crippen LogP contribution in [0.4, 0.5) is 0 Å². The summed E-state index contributed by atoms with van der Waals surface area (Å²) in [4.78, 5) is 28.2. The van der Waals surface area contributed by atoms with Crippen LogP contribution < -0.4 is 0 Å². The molecule has 2 fully saturated rings. The second-order valence-electron chi connectivity index (χ2n) is 7.23. The van der Waals surface area contributed by atoms with Crippen molar-refractivity contribution in [3.05, 3.63) is 45.8 Å². The Morgan fingerprint density at radius 2 is 1.88 bits per heavy atom. The van der Waals surface area contributed by atoms with Gasteiger partial charge in [0.15, 0.2) is 11.6 Å². The Hall–Kier alpha value is -1.49. The third-order valence-electron chi connectivity index (χ3n) is 5.65. The molecule has 26 heavy (non-hydrogen) atoms. The minimum Gasteiger partial charge on any atom is -0.377 e. The van der Waals surface area contributed by atoms with Crippen molar-refractivity contribution < 1.29 is 14.3 Å². The van der Waals surface area contributed by atoms with Crippen molar-refractivity contribution in [2.24, 2.45) is 11.8 Å². The van der Waals surface area contributed by atoms with Crippen LogP contribution in [0.25, 0.3) is 10.4 Å².